The van der Waals surface area contributed by atoms with Gasteiger partial charge in [0.2, 0.25) is 10.0 Å². The minimum absolute atomic E-state index is 0.0115. The standard InChI is InChI=1S/C17H19ClN2O3S/c1-11-4-6-13(7-5-11)12(2)20-17(21)15-10-14(8-9-16(15)18)24(22,23)19-3/h4-10,12,19H,1-3H3,(H,20,21). The number of sulfonamides is 1. The van der Waals surface area contributed by atoms with E-state index in [2.05, 4.69) is 10.0 Å². The summed E-state index contributed by atoms with van der Waals surface area (Å²) in [5, 5.41) is 3.02. The van der Waals surface area contributed by atoms with E-state index in [0.717, 1.165) is 11.1 Å². The maximum atomic E-state index is 12.5. The number of halogens is 1. The van der Waals surface area contributed by atoms with E-state index in [1.165, 1.54) is 25.2 Å². The highest BCUT2D eigenvalue weighted by Gasteiger charge is 2.19. The molecule has 24 heavy (non-hydrogen) atoms. The van der Waals surface area contributed by atoms with Crippen LogP contribution in [0.15, 0.2) is 47.4 Å². The first-order valence-electron chi connectivity index (χ1n) is 7.35. The largest absolute Gasteiger partial charge is 0.345 e. The number of nitrogens with one attached hydrogen (secondary N) is 2. The van der Waals surface area contributed by atoms with Gasteiger partial charge in [-0.3, -0.25) is 4.79 Å². The van der Waals surface area contributed by atoms with E-state index >= 15 is 0 Å². The van der Waals surface area contributed by atoms with Crippen LogP contribution in [0.25, 0.3) is 0 Å². The molecule has 2 aromatic carbocycles. The molecule has 0 radical (unpaired) electrons. The van der Waals surface area contributed by atoms with Crippen LogP contribution in [-0.4, -0.2) is 21.4 Å². The van der Waals surface area contributed by atoms with Crippen LogP contribution in [0.5, 0.6) is 0 Å². The smallest absolute Gasteiger partial charge is 0.253 e. The first kappa shape index (κ1) is 18.4. The zero-order chi connectivity index (χ0) is 17.9. The minimum Gasteiger partial charge on any atom is -0.345 e. The first-order chi connectivity index (χ1) is 11.2. The number of rotatable bonds is 5. The van der Waals surface area contributed by atoms with Gasteiger partial charge in [0.25, 0.3) is 5.91 Å². The van der Waals surface area contributed by atoms with Crippen LogP contribution >= 0.6 is 11.6 Å². The molecule has 7 heteroatoms. The molecular formula is C17H19ClN2O3S. The maximum absolute atomic E-state index is 12.5. The minimum atomic E-state index is -3.65. The van der Waals surface area contributed by atoms with Crippen molar-refractivity contribution >= 4 is 27.5 Å². The predicted molar refractivity (Wildman–Crippen MR) is 94.8 cm³/mol. The number of benzene rings is 2. The van der Waals surface area contributed by atoms with Crippen molar-refractivity contribution in [1.82, 2.24) is 10.0 Å². The molecule has 0 aromatic heterocycles. The second-order valence-electron chi connectivity index (χ2n) is 5.46. The quantitative estimate of drug-likeness (QED) is 0.854. The van der Waals surface area contributed by atoms with Crippen molar-refractivity contribution in [3.8, 4) is 0 Å². The Labute approximate surface area is 147 Å². The maximum Gasteiger partial charge on any atom is 0.253 e. The average Bonchev–Trinajstić information content (AvgIpc) is 2.55. The third-order valence-electron chi connectivity index (χ3n) is 3.69. The Hall–Kier alpha value is -1.89. The second kappa shape index (κ2) is 7.34. The molecule has 0 saturated carbocycles. The lowest BCUT2D eigenvalue weighted by Crippen LogP contribution is -2.27. The van der Waals surface area contributed by atoms with Crippen molar-refractivity contribution < 1.29 is 13.2 Å². The third kappa shape index (κ3) is 4.14. The van der Waals surface area contributed by atoms with Crippen LogP contribution in [0, 0.1) is 6.92 Å². The van der Waals surface area contributed by atoms with Gasteiger partial charge in [-0.2, -0.15) is 0 Å². The normalized spacial score (nSPS) is 12.7. The lowest BCUT2D eigenvalue weighted by Gasteiger charge is -2.16. The zero-order valence-electron chi connectivity index (χ0n) is 13.6. The fourth-order valence-corrected chi connectivity index (χ4v) is 3.14. The predicted octanol–water partition coefficient (Wildman–Crippen LogP) is 3.05. The SMILES string of the molecule is CNS(=O)(=O)c1ccc(Cl)c(C(=O)NC(C)c2ccc(C)cc2)c1. The van der Waals surface area contributed by atoms with Crippen LogP contribution in [0.2, 0.25) is 5.02 Å². The van der Waals surface area contributed by atoms with Crippen molar-refractivity contribution in [3.63, 3.8) is 0 Å². The van der Waals surface area contributed by atoms with Crippen molar-refractivity contribution in [3.05, 3.63) is 64.2 Å². The van der Waals surface area contributed by atoms with E-state index in [4.69, 9.17) is 11.6 Å². The Bertz CT molecular complexity index is 849. The van der Waals surface area contributed by atoms with Gasteiger partial charge in [0.1, 0.15) is 0 Å². The van der Waals surface area contributed by atoms with Crippen LogP contribution < -0.4 is 10.0 Å². The summed E-state index contributed by atoms with van der Waals surface area (Å²) < 4.78 is 26.0. The molecule has 1 atom stereocenters. The molecule has 0 aliphatic carbocycles. The molecule has 0 bridgehead atoms. The highest BCUT2D eigenvalue weighted by atomic mass is 35.5. The fourth-order valence-electron chi connectivity index (χ4n) is 2.18. The molecule has 5 nitrogen and oxygen atoms in total. The number of carbonyl (C=O) groups excluding carboxylic acids is 1. The van der Waals surface area contributed by atoms with Crippen LogP contribution in [0.4, 0.5) is 0 Å². The number of hydrogen-bond donors (Lipinski definition) is 2. The van der Waals surface area contributed by atoms with Gasteiger partial charge in [-0.05, 0) is 44.7 Å². The lowest BCUT2D eigenvalue weighted by atomic mass is 10.1. The Morgan fingerprint density at radius 1 is 1.12 bits per heavy atom. The summed E-state index contributed by atoms with van der Waals surface area (Å²) in [6.07, 6.45) is 0. The van der Waals surface area contributed by atoms with Crippen molar-refractivity contribution in [2.24, 2.45) is 0 Å². The van der Waals surface area contributed by atoms with E-state index in [1.54, 1.807) is 0 Å². The molecule has 128 valence electrons. The van der Waals surface area contributed by atoms with Gasteiger partial charge in [0, 0.05) is 0 Å². The van der Waals surface area contributed by atoms with E-state index in [0.29, 0.717) is 0 Å². The van der Waals surface area contributed by atoms with Crippen LogP contribution in [-0.2, 0) is 10.0 Å². The Morgan fingerprint density at radius 3 is 2.33 bits per heavy atom. The van der Waals surface area contributed by atoms with Crippen molar-refractivity contribution in [2.75, 3.05) is 7.05 Å². The second-order valence-corrected chi connectivity index (χ2v) is 7.75. The molecule has 2 rings (SSSR count). The molecule has 0 spiro atoms. The van der Waals surface area contributed by atoms with E-state index < -0.39 is 15.9 Å². The average molecular weight is 367 g/mol. The summed E-state index contributed by atoms with van der Waals surface area (Å²) in [5.41, 5.74) is 2.20. The molecule has 2 N–H and O–H groups in total. The summed E-state index contributed by atoms with van der Waals surface area (Å²) in [6.45, 7) is 3.84. The molecule has 0 fully saturated rings. The topological polar surface area (TPSA) is 75.3 Å². The molecule has 0 saturated heterocycles. The van der Waals surface area contributed by atoms with Gasteiger partial charge < -0.3 is 5.32 Å². The van der Waals surface area contributed by atoms with Crippen LogP contribution in [0.3, 0.4) is 0 Å². The molecule has 0 aliphatic rings. The highest BCUT2D eigenvalue weighted by Crippen LogP contribution is 2.22. The van der Waals surface area contributed by atoms with Gasteiger partial charge in [0.05, 0.1) is 21.5 Å². The number of amides is 1. The molecule has 1 unspecified atom stereocenters. The third-order valence-corrected chi connectivity index (χ3v) is 5.43. The highest BCUT2D eigenvalue weighted by molar-refractivity contribution is 7.89. The number of hydrogen-bond acceptors (Lipinski definition) is 3. The van der Waals surface area contributed by atoms with Gasteiger partial charge in [-0.25, -0.2) is 13.1 Å². The van der Waals surface area contributed by atoms with E-state index in [9.17, 15) is 13.2 Å². The molecule has 1 amide bonds. The monoisotopic (exact) mass is 366 g/mol. The number of aryl methyl sites for hydroxylation is 1. The van der Waals surface area contributed by atoms with Crippen molar-refractivity contribution in [1.29, 1.82) is 0 Å². The van der Waals surface area contributed by atoms with Gasteiger partial charge in [0.15, 0.2) is 0 Å². The zero-order valence-corrected chi connectivity index (χ0v) is 15.2. The molecular weight excluding hydrogens is 348 g/mol. The first-order valence-corrected chi connectivity index (χ1v) is 9.21. The summed E-state index contributed by atoms with van der Waals surface area (Å²) >= 11 is 6.06. The van der Waals surface area contributed by atoms with Gasteiger partial charge in [-0.15, -0.1) is 0 Å². The molecule has 2 aromatic rings. The Morgan fingerprint density at radius 2 is 1.75 bits per heavy atom. The molecule has 0 heterocycles. The Kier molecular flexibility index (Phi) is 5.64. The summed E-state index contributed by atoms with van der Waals surface area (Å²) in [5.74, 6) is -0.429. The lowest BCUT2D eigenvalue weighted by molar-refractivity contribution is 0.0940. The Balaban J connectivity index is 2.26. The summed E-state index contributed by atoms with van der Waals surface area (Å²) in [4.78, 5) is 12.5. The van der Waals surface area contributed by atoms with E-state index in [1.807, 2.05) is 38.1 Å². The summed E-state index contributed by atoms with van der Waals surface area (Å²) in [7, 11) is -2.34. The van der Waals surface area contributed by atoms with Crippen LogP contribution in [0.1, 0.15) is 34.5 Å². The fraction of sp³-hybridized carbons (Fsp3) is 0.235. The van der Waals surface area contributed by atoms with Crippen molar-refractivity contribution in [2.45, 2.75) is 24.8 Å². The number of carbonyl (C=O) groups is 1. The van der Waals surface area contributed by atoms with E-state index in [-0.39, 0.29) is 21.5 Å². The van der Waals surface area contributed by atoms with Gasteiger partial charge >= 0.3 is 0 Å². The molecule has 0 aliphatic heterocycles. The van der Waals surface area contributed by atoms with Gasteiger partial charge in [-0.1, -0.05) is 41.4 Å². The summed E-state index contributed by atoms with van der Waals surface area (Å²) in [6, 6.07) is 11.6.